The first-order valence-electron chi connectivity index (χ1n) is 11.5. The molecule has 3 aromatic rings. The van der Waals surface area contributed by atoms with E-state index < -0.39 is 0 Å². The van der Waals surface area contributed by atoms with Gasteiger partial charge in [-0.2, -0.15) is 0 Å². The van der Waals surface area contributed by atoms with E-state index in [-0.39, 0.29) is 5.92 Å². The third-order valence-corrected chi connectivity index (χ3v) is 6.47. The van der Waals surface area contributed by atoms with Crippen molar-refractivity contribution in [2.75, 3.05) is 32.7 Å². The molecule has 0 atom stereocenters. The first kappa shape index (κ1) is 22.4. The first-order valence-corrected chi connectivity index (χ1v) is 11.9. The summed E-state index contributed by atoms with van der Waals surface area (Å²) in [6.45, 7) is 7.75. The van der Waals surface area contributed by atoms with Crippen LogP contribution in [0.3, 0.4) is 0 Å². The molecule has 4 rings (SSSR count). The molecular formula is C27H32N4S. The second kappa shape index (κ2) is 11.2. The zero-order valence-electron chi connectivity index (χ0n) is 18.8. The fourth-order valence-electron chi connectivity index (χ4n) is 4.35. The number of rotatable bonds is 6. The van der Waals surface area contributed by atoms with Gasteiger partial charge in [-0.3, -0.25) is 9.88 Å². The number of hydrogen-bond donors (Lipinski definition) is 1. The lowest BCUT2D eigenvalue weighted by Gasteiger charge is -2.27. The van der Waals surface area contributed by atoms with Crippen molar-refractivity contribution in [3.8, 4) is 0 Å². The van der Waals surface area contributed by atoms with Crippen LogP contribution in [0, 0.1) is 6.92 Å². The molecule has 1 fully saturated rings. The number of thiocarbonyl (C=S) groups is 1. The molecule has 1 aromatic heterocycles. The number of nitrogens with zero attached hydrogens (tertiary/aromatic N) is 3. The highest BCUT2D eigenvalue weighted by Gasteiger charge is 2.19. The van der Waals surface area contributed by atoms with Crippen LogP contribution in [0.15, 0.2) is 78.9 Å². The van der Waals surface area contributed by atoms with Gasteiger partial charge in [-0.05, 0) is 48.8 Å². The molecule has 32 heavy (non-hydrogen) atoms. The minimum Gasteiger partial charge on any atom is -0.362 e. The number of nitrogens with one attached hydrogen (secondary N) is 1. The minimum atomic E-state index is 0.270. The van der Waals surface area contributed by atoms with Gasteiger partial charge in [0.15, 0.2) is 5.11 Å². The highest BCUT2D eigenvalue weighted by molar-refractivity contribution is 7.80. The average molecular weight is 445 g/mol. The Morgan fingerprint density at radius 3 is 2.22 bits per heavy atom. The van der Waals surface area contributed by atoms with Gasteiger partial charge in [0.05, 0.1) is 5.69 Å². The third kappa shape index (κ3) is 6.15. The number of benzene rings is 2. The Hall–Kier alpha value is -2.76. The van der Waals surface area contributed by atoms with Crippen LogP contribution in [0.5, 0.6) is 0 Å². The number of pyridine rings is 1. The Bertz CT molecular complexity index is 953. The maximum Gasteiger partial charge on any atom is 0.169 e. The van der Waals surface area contributed by atoms with Gasteiger partial charge < -0.3 is 10.2 Å². The van der Waals surface area contributed by atoms with Crippen molar-refractivity contribution in [3.63, 3.8) is 0 Å². The lowest BCUT2D eigenvalue weighted by Crippen LogP contribution is -2.43. The summed E-state index contributed by atoms with van der Waals surface area (Å²) in [5.74, 6) is 0.270. The van der Waals surface area contributed by atoms with Crippen molar-refractivity contribution in [1.82, 2.24) is 20.1 Å². The van der Waals surface area contributed by atoms with Crippen LogP contribution in [-0.4, -0.2) is 52.6 Å². The van der Waals surface area contributed by atoms with Gasteiger partial charge in [-0.25, -0.2) is 0 Å². The fraction of sp³-hybridized carbons (Fsp3) is 0.333. The van der Waals surface area contributed by atoms with Crippen molar-refractivity contribution in [1.29, 1.82) is 0 Å². The summed E-state index contributed by atoms with van der Waals surface area (Å²) in [6.07, 6.45) is 1.11. The SMILES string of the molecule is Cc1cccc(CN2CCCN(C(=S)NCC(c3ccccc3)c3ccccc3)CC2)n1. The molecule has 0 aliphatic carbocycles. The van der Waals surface area contributed by atoms with Crippen molar-refractivity contribution in [3.05, 3.63) is 101 Å². The van der Waals surface area contributed by atoms with E-state index in [1.165, 1.54) is 11.1 Å². The quantitative estimate of drug-likeness (QED) is 0.562. The molecule has 2 heterocycles. The Morgan fingerprint density at radius 2 is 1.56 bits per heavy atom. The lowest BCUT2D eigenvalue weighted by atomic mass is 9.91. The molecule has 0 unspecified atom stereocenters. The summed E-state index contributed by atoms with van der Waals surface area (Å²) in [4.78, 5) is 9.48. The van der Waals surface area contributed by atoms with Gasteiger partial charge in [0, 0.05) is 50.9 Å². The highest BCUT2D eigenvalue weighted by Crippen LogP contribution is 2.23. The fourth-order valence-corrected chi connectivity index (χ4v) is 4.61. The molecule has 5 heteroatoms. The van der Waals surface area contributed by atoms with E-state index in [1.54, 1.807) is 0 Å². The number of aryl methyl sites for hydroxylation is 1. The van der Waals surface area contributed by atoms with Crippen molar-refractivity contribution >= 4 is 17.3 Å². The van der Waals surface area contributed by atoms with Crippen LogP contribution in [0.4, 0.5) is 0 Å². The molecular weight excluding hydrogens is 412 g/mol. The minimum absolute atomic E-state index is 0.270. The van der Waals surface area contributed by atoms with E-state index in [2.05, 4.69) is 106 Å². The average Bonchev–Trinajstić information content (AvgIpc) is 3.06. The number of hydrogen-bond acceptors (Lipinski definition) is 3. The smallest absolute Gasteiger partial charge is 0.169 e. The first-order chi connectivity index (χ1) is 15.7. The lowest BCUT2D eigenvalue weighted by molar-refractivity contribution is 0.274. The van der Waals surface area contributed by atoms with Crippen LogP contribution in [0.1, 0.15) is 34.9 Å². The largest absolute Gasteiger partial charge is 0.362 e. The molecule has 0 radical (unpaired) electrons. The van der Waals surface area contributed by atoms with Crippen LogP contribution in [0.25, 0.3) is 0 Å². The monoisotopic (exact) mass is 444 g/mol. The summed E-state index contributed by atoms with van der Waals surface area (Å²) in [5, 5.41) is 4.43. The third-order valence-electron chi connectivity index (χ3n) is 6.07. The topological polar surface area (TPSA) is 31.4 Å². The zero-order valence-corrected chi connectivity index (χ0v) is 19.6. The molecule has 0 spiro atoms. The Labute approximate surface area is 197 Å². The maximum atomic E-state index is 5.82. The molecule has 2 aromatic carbocycles. The summed E-state index contributed by atoms with van der Waals surface area (Å²) >= 11 is 5.82. The van der Waals surface area contributed by atoms with Crippen LogP contribution in [-0.2, 0) is 6.54 Å². The van der Waals surface area contributed by atoms with Gasteiger partial charge >= 0.3 is 0 Å². The molecule has 0 saturated carbocycles. The van der Waals surface area contributed by atoms with E-state index >= 15 is 0 Å². The van der Waals surface area contributed by atoms with Gasteiger partial charge in [0.2, 0.25) is 0 Å². The molecule has 166 valence electrons. The molecule has 1 aliphatic rings. The maximum absolute atomic E-state index is 5.82. The molecule has 1 aliphatic heterocycles. The summed E-state index contributed by atoms with van der Waals surface area (Å²) in [5.41, 5.74) is 4.84. The van der Waals surface area contributed by atoms with E-state index in [0.29, 0.717) is 0 Å². The standard InChI is InChI=1S/C27H32N4S/c1-22-10-8-15-25(29-22)21-30-16-9-17-31(19-18-30)27(32)28-20-26(23-11-4-2-5-12-23)24-13-6-3-7-14-24/h2-8,10-15,26H,9,16-21H2,1H3,(H,28,32). The Kier molecular flexibility index (Phi) is 7.86. The van der Waals surface area contributed by atoms with E-state index in [4.69, 9.17) is 12.2 Å². The van der Waals surface area contributed by atoms with Crippen molar-refractivity contribution in [2.45, 2.75) is 25.8 Å². The predicted octanol–water partition coefficient (Wildman–Crippen LogP) is 4.60. The predicted molar refractivity (Wildman–Crippen MR) is 136 cm³/mol. The summed E-state index contributed by atoms with van der Waals surface area (Å²) in [7, 11) is 0. The van der Waals surface area contributed by atoms with Crippen molar-refractivity contribution in [2.24, 2.45) is 0 Å². The van der Waals surface area contributed by atoms with E-state index in [9.17, 15) is 0 Å². The summed E-state index contributed by atoms with van der Waals surface area (Å²) in [6, 6.07) is 27.6. The van der Waals surface area contributed by atoms with Crippen LogP contribution < -0.4 is 5.32 Å². The Morgan fingerprint density at radius 1 is 0.875 bits per heavy atom. The number of aromatic nitrogens is 1. The van der Waals surface area contributed by atoms with E-state index in [1.807, 2.05) is 0 Å². The van der Waals surface area contributed by atoms with Crippen LogP contribution in [0.2, 0.25) is 0 Å². The van der Waals surface area contributed by atoms with Gasteiger partial charge in [0.1, 0.15) is 0 Å². The van der Waals surface area contributed by atoms with Crippen LogP contribution >= 0.6 is 12.2 Å². The van der Waals surface area contributed by atoms with Gasteiger partial charge in [-0.1, -0.05) is 66.7 Å². The van der Waals surface area contributed by atoms with Gasteiger partial charge in [-0.15, -0.1) is 0 Å². The Balaban J connectivity index is 1.34. The second-order valence-electron chi connectivity index (χ2n) is 8.45. The van der Waals surface area contributed by atoms with E-state index in [0.717, 1.165) is 62.2 Å². The summed E-state index contributed by atoms with van der Waals surface area (Å²) < 4.78 is 0. The molecule has 0 bridgehead atoms. The molecule has 0 amide bonds. The second-order valence-corrected chi connectivity index (χ2v) is 8.83. The molecule has 1 saturated heterocycles. The van der Waals surface area contributed by atoms with Crippen molar-refractivity contribution < 1.29 is 0 Å². The zero-order chi connectivity index (χ0) is 22.2. The normalized spacial score (nSPS) is 14.9. The molecule has 1 N–H and O–H groups in total. The van der Waals surface area contributed by atoms with Gasteiger partial charge in [0.25, 0.3) is 0 Å². The highest BCUT2D eigenvalue weighted by atomic mass is 32.1. The molecule has 4 nitrogen and oxygen atoms in total.